The Bertz CT molecular complexity index is 315. The van der Waals surface area contributed by atoms with Crippen LogP contribution in [0.25, 0.3) is 0 Å². The van der Waals surface area contributed by atoms with Gasteiger partial charge in [0.1, 0.15) is 0 Å². The van der Waals surface area contributed by atoms with Crippen molar-refractivity contribution in [3.63, 3.8) is 0 Å². The third-order valence-electron chi connectivity index (χ3n) is 5.52. The number of carboxylic acid groups (broad SMARTS) is 1. The Kier molecular flexibility index (Phi) is 0.763. The molecule has 2 unspecified atom stereocenters. The average molecular weight is 178 g/mol. The lowest BCUT2D eigenvalue weighted by Gasteiger charge is -2.39. The monoisotopic (exact) mass is 178 g/mol. The van der Waals surface area contributed by atoms with Crippen molar-refractivity contribution in [2.24, 2.45) is 22.2 Å². The minimum Gasteiger partial charge on any atom is -0.481 e. The summed E-state index contributed by atoms with van der Waals surface area (Å²) in [4.78, 5) is 11.3. The molecule has 13 heavy (non-hydrogen) atoms. The summed E-state index contributed by atoms with van der Waals surface area (Å²) in [6.45, 7) is 0. The highest BCUT2D eigenvalue weighted by molar-refractivity contribution is 5.77. The van der Waals surface area contributed by atoms with Gasteiger partial charge in [-0.1, -0.05) is 0 Å². The number of aliphatic carboxylic acids is 1. The highest BCUT2D eigenvalue weighted by Crippen LogP contribution is 2.90. The first kappa shape index (κ1) is 6.86. The van der Waals surface area contributed by atoms with Gasteiger partial charge < -0.3 is 5.11 Å². The van der Waals surface area contributed by atoms with E-state index in [1.54, 1.807) is 0 Å². The molecule has 0 heterocycles. The van der Waals surface area contributed by atoms with E-state index in [1.807, 2.05) is 0 Å². The van der Waals surface area contributed by atoms with E-state index in [-0.39, 0.29) is 5.41 Å². The molecule has 0 aromatic heterocycles. The largest absolute Gasteiger partial charge is 0.481 e. The van der Waals surface area contributed by atoms with Crippen LogP contribution < -0.4 is 0 Å². The first-order valence-electron chi connectivity index (χ1n) is 5.33. The molecular weight excluding hydrogens is 164 g/mol. The summed E-state index contributed by atoms with van der Waals surface area (Å²) in [6.07, 6.45) is 7.12. The molecule has 2 nitrogen and oxygen atoms in total. The fraction of sp³-hybridized carbons (Fsp3) is 0.909. The summed E-state index contributed by atoms with van der Waals surface area (Å²) in [5.41, 5.74) is 0.808. The first-order valence-corrected chi connectivity index (χ1v) is 5.33. The van der Waals surface area contributed by atoms with Gasteiger partial charge >= 0.3 is 5.97 Å². The van der Waals surface area contributed by atoms with Gasteiger partial charge in [0, 0.05) is 0 Å². The number of hydrogen-bond donors (Lipinski definition) is 1. The third kappa shape index (κ3) is 0.498. The van der Waals surface area contributed by atoms with Crippen molar-refractivity contribution in [3.8, 4) is 0 Å². The van der Waals surface area contributed by atoms with E-state index in [2.05, 4.69) is 0 Å². The van der Waals surface area contributed by atoms with Crippen molar-refractivity contribution in [2.45, 2.75) is 38.5 Å². The van der Waals surface area contributed by atoms with Crippen LogP contribution in [0.5, 0.6) is 0 Å². The van der Waals surface area contributed by atoms with Crippen LogP contribution in [0.15, 0.2) is 0 Å². The molecule has 5 fully saturated rings. The molecule has 4 bridgehead atoms. The van der Waals surface area contributed by atoms with Gasteiger partial charge in [-0.15, -0.1) is 0 Å². The molecule has 0 aromatic rings. The van der Waals surface area contributed by atoms with Crippen LogP contribution in [-0.2, 0) is 4.79 Å². The van der Waals surface area contributed by atoms with Crippen molar-refractivity contribution < 1.29 is 9.90 Å². The van der Waals surface area contributed by atoms with Crippen molar-refractivity contribution in [3.05, 3.63) is 0 Å². The molecule has 0 saturated heterocycles. The van der Waals surface area contributed by atoms with Gasteiger partial charge in [-0.25, -0.2) is 0 Å². The normalized spacial score (nSPS) is 65.4. The van der Waals surface area contributed by atoms with E-state index in [4.69, 9.17) is 0 Å². The molecule has 5 saturated carbocycles. The summed E-state index contributed by atoms with van der Waals surface area (Å²) in [5, 5.41) is 9.29. The first-order chi connectivity index (χ1) is 6.10. The summed E-state index contributed by atoms with van der Waals surface area (Å²) in [7, 11) is 0. The number of carboxylic acids is 1. The molecule has 2 heteroatoms. The Hall–Kier alpha value is -0.530. The lowest BCUT2D eigenvalue weighted by atomic mass is 9.64. The molecule has 1 N–H and O–H groups in total. The molecule has 2 spiro atoms. The van der Waals surface area contributed by atoms with Crippen molar-refractivity contribution in [2.75, 3.05) is 0 Å². The predicted octanol–water partition coefficient (Wildman–Crippen LogP) is 2.04. The van der Waals surface area contributed by atoms with E-state index >= 15 is 0 Å². The summed E-state index contributed by atoms with van der Waals surface area (Å²) < 4.78 is 0. The number of rotatable bonds is 1. The topological polar surface area (TPSA) is 37.3 Å². The van der Waals surface area contributed by atoms with Gasteiger partial charge in [-0.3, -0.25) is 4.79 Å². The standard InChI is InChI=1S/C11H14O2/c12-8(13)9-1-7-2-10(4-9)6-11(10,3-7)5-9/h7H,1-6H2,(H,12,13). The minimum atomic E-state index is -0.497. The lowest BCUT2D eigenvalue weighted by molar-refractivity contribution is -0.154. The highest BCUT2D eigenvalue weighted by Gasteiger charge is 2.83. The molecule has 0 aliphatic heterocycles. The second kappa shape index (κ2) is 1.45. The summed E-state index contributed by atoms with van der Waals surface area (Å²) in [5.74, 6) is 0.273. The smallest absolute Gasteiger partial charge is 0.309 e. The maximum atomic E-state index is 11.3. The van der Waals surface area contributed by atoms with E-state index in [1.165, 1.54) is 19.3 Å². The Morgan fingerprint density at radius 1 is 1.08 bits per heavy atom. The molecule has 2 atom stereocenters. The SMILES string of the molecule is O=C(O)C12CC3CC4(C1)CC4(C3)C2. The predicted molar refractivity (Wildman–Crippen MR) is 46.1 cm³/mol. The van der Waals surface area contributed by atoms with Crippen molar-refractivity contribution >= 4 is 5.97 Å². The summed E-state index contributed by atoms with van der Waals surface area (Å²) >= 11 is 0. The van der Waals surface area contributed by atoms with Crippen LogP contribution in [0.1, 0.15) is 38.5 Å². The second-order valence-electron chi connectivity index (χ2n) is 6.15. The van der Waals surface area contributed by atoms with Gasteiger partial charge in [-0.2, -0.15) is 0 Å². The maximum absolute atomic E-state index is 11.3. The zero-order valence-corrected chi connectivity index (χ0v) is 7.68. The fourth-order valence-electron chi connectivity index (χ4n) is 5.44. The van der Waals surface area contributed by atoms with Gasteiger partial charge in [0.25, 0.3) is 0 Å². The van der Waals surface area contributed by atoms with E-state index in [0.29, 0.717) is 10.8 Å². The molecule has 0 amide bonds. The van der Waals surface area contributed by atoms with Crippen LogP contribution in [0.4, 0.5) is 0 Å². The van der Waals surface area contributed by atoms with Crippen LogP contribution in [0.2, 0.25) is 0 Å². The number of hydrogen-bond acceptors (Lipinski definition) is 1. The molecule has 5 rings (SSSR count). The van der Waals surface area contributed by atoms with Gasteiger partial charge in [0.15, 0.2) is 0 Å². The Morgan fingerprint density at radius 3 is 2.15 bits per heavy atom. The Labute approximate surface area is 77.3 Å². The van der Waals surface area contributed by atoms with Crippen LogP contribution in [0, 0.1) is 22.2 Å². The Balaban J connectivity index is 1.86. The molecule has 5 aliphatic carbocycles. The minimum absolute atomic E-state index is 0.264. The highest BCUT2D eigenvalue weighted by atomic mass is 16.4. The van der Waals surface area contributed by atoms with Crippen LogP contribution in [-0.4, -0.2) is 11.1 Å². The van der Waals surface area contributed by atoms with Crippen molar-refractivity contribution in [1.29, 1.82) is 0 Å². The molecule has 5 aliphatic rings. The molecule has 0 aromatic carbocycles. The van der Waals surface area contributed by atoms with Gasteiger partial charge in [-0.05, 0) is 55.3 Å². The number of carbonyl (C=O) groups is 1. The second-order valence-corrected chi connectivity index (χ2v) is 6.15. The maximum Gasteiger partial charge on any atom is 0.309 e. The molecular formula is C11H14O2. The quantitative estimate of drug-likeness (QED) is 0.667. The average Bonchev–Trinajstić information content (AvgIpc) is 2.38. The zero-order chi connectivity index (χ0) is 8.90. The van der Waals surface area contributed by atoms with Gasteiger partial charge in [0.2, 0.25) is 0 Å². The third-order valence-corrected chi connectivity index (χ3v) is 5.52. The Morgan fingerprint density at radius 2 is 1.69 bits per heavy atom. The zero-order valence-electron chi connectivity index (χ0n) is 7.68. The van der Waals surface area contributed by atoms with Crippen LogP contribution >= 0.6 is 0 Å². The van der Waals surface area contributed by atoms with Crippen LogP contribution in [0.3, 0.4) is 0 Å². The van der Waals surface area contributed by atoms with Crippen molar-refractivity contribution in [1.82, 2.24) is 0 Å². The lowest BCUT2D eigenvalue weighted by Crippen LogP contribution is -2.38. The summed E-state index contributed by atoms with van der Waals surface area (Å²) in [6, 6.07) is 0. The van der Waals surface area contributed by atoms with E-state index < -0.39 is 5.97 Å². The van der Waals surface area contributed by atoms with Gasteiger partial charge in [0.05, 0.1) is 5.41 Å². The molecule has 70 valence electrons. The van der Waals surface area contributed by atoms with E-state index in [9.17, 15) is 9.90 Å². The van der Waals surface area contributed by atoms with E-state index in [0.717, 1.165) is 25.2 Å². The fourth-order valence-corrected chi connectivity index (χ4v) is 5.44. The molecule has 0 radical (unpaired) electrons.